The summed E-state index contributed by atoms with van der Waals surface area (Å²) in [6.45, 7) is 2.27. The van der Waals surface area contributed by atoms with Gasteiger partial charge in [0.15, 0.2) is 0 Å². The molecular weight excluding hydrogens is 260 g/mol. The van der Waals surface area contributed by atoms with Crippen LogP contribution in [0, 0.1) is 0 Å². The van der Waals surface area contributed by atoms with E-state index < -0.39 is 0 Å². The quantitative estimate of drug-likeness (QED) is 0.691. The van der Waals surface area contributed by atoms with Crippen molar-refractivity contribution in [2.75, 3.05) is 0 Å². The van der Waals surface area contributed by atoms with Gasteiger partial charge in [0.1, 0.15) is 0 Å². The van der Waals surface area contributed by atoms with Crippen molar-refractivity contribution < 1.29 is 0 Å². The second-order valence-corrected chi connectivity index (χ2v) is 5.75. The number of aryl methyl sites for hydroxylation is 1. The number of rotatable bonds is 3. The normalized spacial score (nSPS) is 17.6. The molecule has 0 bridgehead atoms. The highest BCUT2D eigenvalue weighted by atomic mass is 79.9. The third kappa shape index (κ3) is 2.68. The molecule has 0 atom stereocenters. The van der Waals surface area contributed by atoms with Crippen molar-refractivity contribution in [1.82, 2.24) is 0 Å². The Morgan fingerprint density at radius 2 is 1.94 bits per heavy atom. The summed E-state index contributed by atoms with van der Waals surface area (Å²) in [6.07, 6.45) is 9.51. The van der Waals surface area contributed by atoms with Crippen LogP contribution in [0.5, 0.6) is 0 Å². The van der Waals surface area contributed by atoms with E-state index in [1.165, 1.54) is 49.4 Å². The molecule has 0 saturated heterocycles. The maximum Gasteiger partial charge on any atom is 0.0212 e. The molecule has 0 aliphatic heterocycles. The summed E-state index contributed by atoms with van der Waals surface area (Å²) in [5.41, 5.74) is 3.19. The number of benzene rings is 1. The van der Waals surface area contributed by atoms with Crippen LogP contribution in [0.4, 0.5) is 0 Å². The SMILES string of the molecule is CCCc1cccc(Br)c1C1CCCCC1. The molecule has 1 aliphatic rings. The summed E-state index contributed by atoms with van der Waals surface area (Å²) in [6, 6.07) is 6.71. The van der Waals surface area contributed by atoms with E-state index in [0.717, 1.165) is 5.92 Å². The molecule has 88 valence electrons. The highest BCUT2D eigenvalue weighted by Gasteiger charge is 2.20. The predicted molar refractivity (Wildman–Crippen MR) is 74.0 cm³/mol. The van der Waals surface area contributed by atoms with E-state index >= 15 is 0 Å². The lowest BCUT2D eigenvalue weighted by Crippen LogP contribution is -2.08. The number of halogens is 1. The van der Waals surface area contributed by atoms with Crippen LogP contribution in [0.25, 0.3) is 0 Å². The Balaban J connectivity index is 2.28. The Labute approximate surface area is 108 Å². The molecule has 0 nitrogen and oxygen atoms in total. The summed E-state index contributed by atoms with van der Waals surface area (Å²) in [5.74, 6) is 0.811. The molecule has 0 spiro atoms. The second-order valence-electron chi connectivity index (χ2n) is 4.90. The monoisotopic (exact) mass is 280 g/mol. The molecule has 0 aromatic heterocycles. The van der Waals surface area contributed by atoms with Crippen molar-refractivity contribution >= 4 is 15.9 Å². The molecule has 1 aromatic rings. The fraction of sp³-hybridized carbons (Fsp3) is 0.600. The fourth-order valence-corrected chi connectivity index (χ4v) is 3.65. The molecule has 2 rings (SSSR count). The Kier molecular flexibility index (Phi) is 4.45. The minimum atomic E-state index is 0.811. The molecule has 16 heavy (non-hydrogen) atoms. The molecule has 0 heterocycles. The Bertz CT molecular complexity index is 337. The summed E-state index contributed by atoms with van der Waals surface area (Å²) >= 11 is 3.75. The molecule has 1 aliphatic carbocycles. The lowest BCUT2D eigenvalue weighted by Gasteiger charge is -2.25. The van der Waals surface area contributed by atoms with E-state index in [2.05, 4.69) is 41.1 Å². The molecule has 1 aromatic carbocycles. The van der Waals surface area contributed by atoms with Gasteiger partial charge in [0, 0.05) is 4.47 Å². The maximum absolute atomic E-state index is 3.75. The van der Waals surface area contributed by atoms with Gasteiger partial charge in [-0.25, -0.2) is 0 Å². The first-order chi connectivity index (χ1) is 7.83. The Morgan fingerprint density at radius 3 is 2.62 bits per heavy atom. The number of hydrogen-bond acceptors (Lipinski definition) is 0. The van der Waals surface area contributed by atoms with Crippen LogP contribution in [0.3, 0.4) is 0 Å². The van der Waals surface area contributed by atoms with E-state index in [9.17, 15) is 0 Å². The van der Waals surface area contributed by atoms with Gasteiger partial charge in [0.2, 0.25) is 0 Å². The zero-order valence-corrected chi connectivity index (χ0v) is 11.7. The van der Waals surface area contributed by atoms with Gasteiger partial charge in [-0.3, -0.25) is 0 Å². The average molecular weight is 281 g/mol. The van der Waals surface area contributed by atoms with Crippen molar-refractivity contribution in [3.8, 4) is 0 Å². The smallest absolute Gasteiger partial charge is 0.0212 e. The van der Waals surface area contributed by atoms with Crippen LogP contribution in [-0.4, -0.2) is 0 Å². The first-order valence-electron chi connectivity index (χ1n) is 6.60. The van der Waals surface area contributed by atoms with Crippen LogP contribution < -0.4 is 0 Å². The third-order valence-corrected chi connectivity index (χ3v) is 4.37. The molecular formula is C15H21Br. The highest BCUT2D eigenvalue weighted by molar-refractivity contribution is 9.10. The molecule has 0 unspecified atom stereocenters. The first kappa shape index (κ1) is 12.2. The van der Waals surface area contributed by atoms with E-state index in [0.29, 0.717) is 0 Å². The minimum absolute atomic E-state index is 0.811. The Morgan fingerprint density at radius 1 is 1.19 bits per heavy atom. The van der Waals surface area contributed by atoms with Gasteiger partial charge < -0.3 is 0 Å². The van der Waals surface area contributed by atoms with Gasteiger partial charge in [-0.15, -0.1) is 0 Å². The first-order valence-corrected chi connectivity index (χ1v) is 7.39. The van der Waals surface area contributed by atoms with Crippen molar-refractivity contribution in [2.24, 2.45) is 0 Å². The van der Waals surface area contributed by atoms with Crippen molar-refractivity contribution in [3.63, 3.8) is 0 Å². The van der Waals surface area contributed by atoms with Gasteiger partial charge in [0.05, 0.1) is 0 Å². The van der Waals surface area contributed by atoms with Gasteiger partial charge in [0.25, 0.3) is 0 Å². The highest BCUT2D eigenvalue weighted by Crippen LogP contribution is 2.38. The summed E-state index contributed by atoms with van der Waals surface area (Å²) < 4.78 is 1.34. The molecule has 0 amide bonds. The summed E-state index contributed by atoms with van der Waals surface area (Å²) in [7, 11) is 0. The standard InChI is InChI=1S/C15H21Br/c1-2-7-12-10-6-11-14(16)15(12)13-8-4-3-5-9-13/h6,10-11,13H,2-5,7-9H2,1H3. The topological polar surface area (TPSA) is 0 Å². The summed E-state index contributed by atoms with van der Waals surface area (Å²) in [5, 5.41) is 0. The van der Waals surface area contributed by atoms with Gasteiger partial charge in [-0.2, -0.15) is 0 Å². The van der Waals surface area contributed by atoms with Gasteiger partial charge >= 0.3 is 0 Å². The minimum Gasteiger partial charge on any atom is -0.0651 e. The molecule has 1 fully saturated rings. The zero-order valence-electron chi connectivity index (χ0n) is 10.1. The van der Waals surface area contributed by atoms with E-state index in [1.54, 1.807) is 11.1 Å². The lowest BCUT2D eigenvalue weighted by molar-refractivity contribution is 0.440. The fourth-order valence-electron chi connectivity index (χ4n) is 2.92. The van der Waals surface area contributed by atoms with E-state index in [-0.39, 0.29) is 0 Å². The van der Waals surface area contributed by atoms with Crippen LogP contribution in [0.2, 0.25) is 0 Å². The van der Waals surface area contributed by atoms with Gasteiger partial charge in [-0.1, -0.05) is 60.7 Å². The number of hydrogen-bond donors (Lipinski definition) is 0. The molecule has 1 saturated carbocycles. The molecule has 0 N–H and O–H groups in total. The predicted octanol–water partition coefficient (Wildman–Crippen LogP) is 5.45. The maximum atomic E-state index is 3.75. The zero-order chi connectivity index (χ0) is 11.4. The van der Waals surface area contributed by atoms with Crippen molar-refractivity contribution in [3.05, 3.63) is 33.8 Å². The van der Waals surface area contributed by atoms with Crippen LogP contribution >= 0.6 is 15.9 Å². The van der Waals surface area contributed by atoms with E-state index in [4.69, 9.17) is 0 Å². The molecule has 0 radical (unpaired) electrons. The third-order valence-electron chi connectivity index (χ3n) is 3.68. The lowest BCUT2D eigenvalue weighted by atomic mass is 9.81. The van der Waals surface area contributed by atoms with Crippen LogP contribution in [-0.2, 0) is 6.42 Å². The molecule has 1 heteroatoms. The van der Waals surface area contributed by atoms with E-state index in [1.807, 2.05) is 0 Å². The van der Waals surface area contributed by atoms with Crippen LogP contribution in [0.1, 0.15) is 62.5 Å². The average Bonchev–Trinajstić information content (AvgIpc) is 2.31. The largest absolute Gasteiger partial charge is 0.0651 e. The van der Waals surface area contributed by atoms with Crippen LogP contribution in [0.15, 0.2) is 22.7 Å². The van der Waals surface area contributed by atoms with Crippen molar-refractivity contribution in [1.29, 1.82) is 0 Å². The van der Waals surface area contributed by atoms with Crippen molar-refractivity contribution in [2.45, 2.75) is 57.8 Å². The Hall–Kier alpha value is -0.300. The van der Waals surface area contributed by atoms with Gasteiger partial charge in [-0.05, 0) is 42.4 Å². The second kappa shape index (κ2) is 5.86. The summed E-state index contributed by atoms with van der Waals surface area (Å²) in [4.78, 5) is 0.